The van der Waals surface area contributed by atoms with Gasteiger partial charge in [-0.1, -0.05) is 37.3 Å². The SMILES string of the molecule is CSc1ccc(Cl)c(C(=O)NCCCC2CCCC2)c1. The molecule has 0 atom stereocenters. The summed E-state index contributed by atoms with van der Waals surface area (Å²) >= 11 is 7.71. The Morgan fingerprint density at radius 2 is 2.15 bits per heavy atom. The second kappa shape index (κ2) is 7.94. The molecule has 1 aromatic carbocycles. The van der Waals surface area contributed by atoms with E-state index < -0.39 is 0 Å². The summed E-state index contributed by atoms with van der Waals surface area (Å²) in [4.78, 5) is 13.2. The average Bonchev–Trinajstić information content (AvgIpc) is 2.97. The van der Waals surface area contributed by atoms with E-state index in [2.05, 4.69) is 5.32 Å². The number of thioether (sulfide) groups is 1. The molecule has 1 aliphatic carbocycles. The molecule has 110 valence electrons. The fourth-order valence-electron chi connectivity index (χ4n) is 2.79. The lowest BCUT2D eigenvalue weighted by atomic mass is 10.0. The number of carbonyl (C=O) groups excluding carboxylic acids is 1. The quantitative estimate of drug-likeness (QED) is 0.606. The van der Waals surface area contributed by atoms with Crippen molar-refractivity contribution in [3.8, 4) is 0 Å². The monoisotopic (exact) mass is 311 g/mol. The molecule has 1 amide bonds. The predicted molar refractivity (Wildman–Crippen MR) is 86.8 cm³/mol. The van der Waals surface area contributed by atoms with Crippen LogP contribution in [0, 0.1) is 5.92 Å². The van der Waals surface area contributed by atoms with Crippen LogP contribution in [0.1, 0.15) is 48.9 Å². The van der Waals surface area contributed by atoms with Crippen LogP contribution in [-0.4, -0.2) is 18.7 Å². The van der Waals surface area contributed by atoms with E-state index in [0.29, 0.717) is 10.6 Å². The van der Waals surface area contributed by atoms with Gasteiger partial charge in [-0.3, -0.25) is 4.79 Å². The largest absolute Gasteiger partial charge is 0.352 e. The van der Waals surface area contributed by atoms with Crippen molar-refractivity contribution in [2.75, 3.05) is 12.8 Å². The summed E-state index contributed by atoms with van der Waals surface area (Å²) in [5, 5.41) is 3.51. The smallest absolute Gasteiger partial charge is 0.252 e. The Bertz CT molecular complexity index is 458. The molecular formula is C16H22ClNOS. The minimum atomic E-state index is -0.0580. The van der Waals surface area contributed by atoms with Gasteiger partial charge in [-0.05, 0) is 43.2 Å². The zero-order chi connectivity index (χ0) is 14.4. The summed E-state index contributed by atoms with van der Waals surface area (Å²) in [6, 6.07) is 5.59. The Balaban J connectivity index is 1.79. The predicted octanol–water partition coefficient (Wildman–Crippen LogP) is 4.76. The fourth-order valence-corrected chi connectivity index (χ4v) is 3.44. The third-order valence-electron chi connectivity index (χ3n) is 3.97. The molecule has 2 rings (SSSR count). The topological polar surface area (TPSA) is 29.1 Å². The highest BCUT2D eigenvalue weighted by Gasteiger charge is 2.15. The first-order valence-electron chi connectivity index (χ1n) is 7.32. The summed E-state index contributed by atoms with van der Waals surface area (Å²) in [6.45, 7) is 0.745. The number of nitrogens with one attached hydrogen (secondary N) is 1. The van der Waals surface area contributed by atoms with Crippen molar-refractivity contribution in [3.63, 3.8) is 0 Å². The third kappa shape index (κ3) is 4.42. The Kier molecular flexibility index (Phi) is 6.24. The van der Waals surface area contributed by atoms with Gasteiger partial charge < -0.3 is 5.32 Å². The molecule has 0 radical (unpaired) electrons. The highest BCUT2D eigenvalue weighted by atomic mass is 35.5. The normalized spacial score (nSPS) is 15.5. The van der Waals surface area contributed by atoms with Gasteiger partial charge in [0.15, 0.2) is 0 Å². The lowest BCUT2D eigenvalue weighted by Crippen LogP contribution is -2.25. The molecule has 0 heterocycles. The Morgan fingerprint density at radius 3 is 2.85 bits per heavy atom. The van der Waals surface area contributed by atoms with E-state index in [-0.39, 0.29) is 5.91 Å². The zero-order valence-electron chi connectivity index (χ0n) is 12.0. The summed E-state index contributed by atoms with van der Waals surface area (Å²) < 4.78 is 0. The van der Waals surface area contributed by atoms with E-state index in [4.69, 9.17) is 11.6 Å². The Morgan fingerprint density at radius 1 is 1.40 bits per heavy atom. The number of benzene rings is 1. The van der Waals surface area contributed by atoms with Gasteiger partial charge in [0.2, 0.25) is 0 Å². The van der Waals surface area contributed by atoms with Gasteiger partial charge in [0.25, 0.3) is 5.91 Å². The zero-order valence-corrected chi connectivity index (χ0v) is 13.5. The Hall–Kier alpha value is -0.670. The molecule has 0 aromatic heterocycles. The van der Waals surface area contributed by atoms with Gasteiger partial charge >= 0.3 is 0 Å². The van der Waals surface area contributed by atoms with Crippen LogP contribution >= 0.6 is 23.4 Å². The highest BCUT2D eigenvalue weighted by molar-refractivity contribution is 7.98. The van der Waals surface area contributed by atoms with Crippen LogP contribution in [0.15, 0.2) is 23.1 Å². The maximum Gasteiger partial charge on any atom is 0.252 e. The first-order valence-corrected chi connectivity index (χ1v) is 8.92. The molecule has 0 spiro atoms. The molecule has 0 saturated heterocycles. The van der Waals surface area contributed by atoms with Gasteiger partial charge in [-0.2, -0.15) is 0 Å². The molecule has 20 heavy (non-hydrogen) atoms. The van der Waals surface area contributed by atoms with Gasteiger partial charge in [-0.15, -0.1) is 11.8 Å². The van der Waals surface area contributed by atoms with Gasteiger partial charge in [0, 0.05) is 11.4 Å². The molecule has 1 saturated carbocycles. The minimum Gasteiger partial charge on any atom is -0.352 e. The third-order valence-corrected chi connectivity index (χ3v) is 5.02. The molecule has 1 aromatic rings. The molecular weight excluding hydrogens is 290 g/mol. The van der Waals surface area contributed by atoms with Crippen molar-refractivity contribution in [1.29, 1.82) is 0 Å². The molecule has 1 aliphatic rings. The molecule has 4 heteroatoms. The van der Waals surface area contributed by atoms with Gasteiger partial charge in [-0.25, -0.2) is 0 Å². The summed E-state index contributed by atoms with van der Waals surface area (Å²) in [5.74, 6) is 0.827. The maximum atomic E-state index is 12.1. The molecule has 1 N–H and O–H groups in total. The van der Waals surface area contributed by atoms with Crippen molar-refractivity contribution < 1.29 is 4.79 Å². The van der Waals surface area contributed by atoms with Crippen LogP contribution in [0.2, 0.25) is 5.02 Å². The number of amides is 1. The van der Waals surface area contributed by atoms with E-state index in [9.17, 15) is 4.79 Å². The number of hydrogen-bond donors (Lipinski definition) is 1. The van der Waals surface area contributed by atoms with Crippen LogP contribution in [0.3, 0.4) is 0 Å². The molecule has 0 unspecified atom stereocenters. The van der Waals surface area contributed by atoms with Crippen molar-refractivity contribution in [2.24, 2.45) is 5.92 Å². The van der Waals surface area contributed by atoms with E-state index in [1.54, 1.807) is 17.8 Å². The summed E-state index contributed by atoms with van der Waals surface area (Å²) in [5.41, 5.74) is 0.583. The lowest BCUT2D eigenvalue weighted by molar-refractivity contribution is 0.0952. The fraction of sp³-hybridized carbons (Fsp3) is 0.562. The van der Waals surface area contributed by atoms with E-state index in [1.807, 2.05) is 18.4 Å². The Labute approximate surface area is 130 Å². The van der Waals surface area contributed by atoms with Gasteiger partial charge in [0.05, 0.1) is 10.6 Å². The maximum absolute atomic E-state index is 12.1. The van der Waals surface area contributed by atoms with E-state index in [0.717, 1.165) is 23.8 Å². The van der Waals surface area contributed by atoms with Crippen molar-refractivity contribution in [2.45, 2.75) is 43.4 Å². The van der Waals surface area contributed by atoms with E-state index >= 15 is 0 Å². The minimum absolute atomic E-state index is 0.0580. The van der Waals surface area contributed by atoms with E-state index in [1.165, 1.54) is 32.1 Å². The summed E-state index contributed by atoms with van der Waals surface area (Å²) in [7, 11) is 0. The first kappa shape index (κ1) is 15.7. The standard InChI is InChI=1S/C16H22ClNOS/c1-20-13-8-9-15(17)14(11-13)16(19)18-10-4-7-12-5-2-3-6-12/h8-9,11-12H,2-7,10H2,1H3,(H,18,19). The average molecular weight is 312 g/mol. The molecule has 2 nitrogen and oxygen atoms in total. The number of hydrogen-bond acceptors (Lipinski definition) is 2. The molecule has 0 aliphatic heterocycles. The highest BCUT2D eigenvalue weighted by Crippen LogP contribution is 2.28. The van der Waals surface area contributed by atoms with Crippen LogP contribution in [0.5, 0.6) is 0 Å². The van der Waals surface area contributed by atoms with Crippen molar-refractivity contribution in [1.82, 2.24) is 5.32 Å². The molecule has 0 bridgehead atoms. The number of halogens is 1. The van der Waals surface area contributed by atoms with Crippen molar-refractivity contribution in [3.05, 3.63) is 28.8 Å². The lowest BCUT2D eigenvalue weighted by Gasteiger charge is -2.10. The van der Waals surface area contributed by atoms with Crippen LogP contribution < -0.4 is 5.32 Å². The van der Waals surface area contributed by atoms with Gasteiger partial charge in [0.1, 0.15) is 0 Å². The number of rotatable bonds is 6. The first-order chi connectivity index (χ1) is 9.70. The second-order valence-electron chi connectivity index (χ2n) is 5.39. The van der Waals surface area contributed by atoms with Crippen LogP contribution in [-0.2, 0) is 0 Å². The number of carbonyl (C=O) groups is 1. The summed E-state index contributed by atoms with van der Waals surface area (Å²) in [6.07, 6.45) is 9.80. The van der Waals surface area contributed by atoms with Crippen molar-refractivity contribution >= 4 is 29.3 Å². The van der Waals surface area contributed by atoms with Crippen LogP contribution in [0.25, 0.3) is 0 Å². The van der Waals surface area contributed by atoms with Crippen LogP contribution in [0.4, 0.5) is 0 Å². The second-order valence-corrected chi connectivity index (χ2v) is 6.68. The molecule has 1 fully saturated rings.